The van der Waals surface area contributed by atoms with Crippen molar-refractivity contribution in [3.8, 4) is 0 Å². The van der Waals surface area contributed by atoms with Crippen molar-refractivity contribution in [1.82, 2.24) is 20.9 Å². The number of carbonyl (C=O) groups excluding carboxylic acids is 4. The number of aromatic amines is 1. The molecule has 15 nitrogen and oxygen atoms in total. The van der Waals surface area contributed by atoms with E-state index in [0.717, 1.165) is 10.9 Å². The van der Waals surface area contributed by atoms with Crippen molar-refractivity contribution >= 4 is 59.1 Å². The van der Waals surface area contributed by atoms with E-state index in [2.05, 4.69) is 38.6 Å². The Labute approximate surface area is 235 Å². The summed E-state index contributed by atoms with van der Waals surface area (Å²) in [7, 11) is 0. The number of nitrogens with zero attached hydrogens (tertiary/aromatic N) is 1. The normalized spacial score (nSPS) is 13.8. The molecule has 0 fully saturated rings. The molecule has 218 valence electrons. The summed E-state index contributed by atoms with van der Waals surface area (Å²) in [6.07, 6.45) is 1.28. The number of aliphatic imine (C=N–C) groups is 1. The van der Waals surface area contributed by atoms with Crippen molar-refractivity contribution in [2.45, 2.75) is 49.9 Å². The number of para-hydroxylation sites is 1. The van der Waals surface area contributed by atoms with Crippen LogP contribution < -0.4 is 38.9 Å². The standard InChI is InChI=1S/C24H35N9O6S/c25-14(11-40)20(35)32-17(9-19(26)34)22(37)31-16(6-3-7-29-24(27)28)21(36)33-18(23(38)39)8-12-10-30-15-5-2-1-4-13(12)15/h1-2,4-5,10,14,16-18,30,40H,3,6-9,11,25H2,(H2,26,34)(H,31,37)(H,32,35)(H,33,36)(H,38,39)(H4,27,28,29). The molecule has 0 saturated heterocycles. The van der Waals surface area contributed by atoms with Crippen molar-refractivity contribution in [1.29, 1.82) is 0 Å². The molecule has 0 saturated carbocycles. The lowest BCUT2D eigenvalue weighted by Crippen LogP contribution is -2.58. The number of primary amides is 1. The number of guanidine groups is 1. The molecule has 40 heavy (non-hydrogen) atoms. The van der Waals surface area contributed by atoms with E-state index in [1.54, 1.807) is 12.3 Å². The van der Waals surface area contributed by atoms with Crippen LogP contribution >= 0.6 is 12.6 Å². The average Bonchev–Trinajstić information content (AvgIpc) is 3.31. The number of aliphatic carboxylic acids is 1. The van der Waals surface area contributed by atoms with Crippen LogP contribution in [0.15, 0.2) is 35.5 Å². The Morgan fingerprint density at radius 3 is 2.20 bits per heavy atom. The minimum atomic E-state index is -1.44. The van der Waals surface area contributed by atoms with Crippen molar-refractivity contribution in [3.05, 3.63) is 36.0 Å². The number of fused-ring (bicyclic) bond motifs is 1. The summed E-state index contributed by atoms with van der Waals surface area (Å²) in [4.78, 5) is 69.0. The molecule has 4 unspecified atom stereocenters. The van der Waals surface area contributed by atoms with Gasteiger partial charge < -0.3 is 49.0 Å². The molecule has 2 aromatic rings. The second-order valence-electron chi connectivity index (χ2n) is 8.99. The number of nitrogens with one attached hydrogen (secondary N) is 4. The number of amides is 4. The van der Waals surface area contributed by atoms with Gasteiger partial charge in [-0.1, -0.05) is 18.2 Å². The van der Waals surface area contributed by atoms with Gasteiger partial charge in [-0.05, 0) is 24.5 Å². The van der Waals surface area contributed by atoms with Crippen LogP contribution in [0.5, 0.6) is 0 Å². The fourth-order valence-corrected chi connectivity index (χ4v) is 3.98. The third-order valence-corrected chi connectivity index (χ3v) is 6.26. The van der Waals surface area contributed by atoms with E-state index in [0.29, 0.717) is 5.56 Å². The van der Waals surface area contributed by atoms with Gasteiger partial charge in [0.25, 0.3) is 0 Å². The smallest absolute Gasteiger partial charge is 0.326 e. The van der Waals surface area contributed by atoms with Crippen LogP contribution in [0.2, 0.25) is 0 Å². The summed E-state index contributed by atoms with van der Waals surface area (Å²) < 4.78 is 0. The zero-order chi connectivity index (χ0) is 29.8. The van der Waals surface area contributed by atoms with Gasteiger partial charge in [-0.3, -0.25) is 24.2 Å². The van der Waals surface area contributed by atoms with Crippen LogP contribution in [0.3, 0.4) is 0 Å². The minimum absolute atomic E-state index is 0.00116. The summed E-state index contributed by atoms with van der Waals surface area (Å²) in [5, 5.41) is 17.9. The van der Waals surface area contributed by atoms with Crippen molar-refractivity contribution in [2.24, 2.45) is 27.9 Å². The number of nitrogens with two attached hydrogens (primary N) is 4. The van der Waals surface area contributed by atoms with E-state index >= 15 is 0 Å². The Hall–Kier alpha value is -4.31. The van der Waals surface area contributed by atoms with E-state index in [-0.39, 0.29) is 37.5 Å². The fourth-order valence-electron chi connectivity index (χ4n) is 3.81. The molecule has 0 aliphatic heterocycles. The zero-order valence-electron chi connectivity index (χ0n) is 21.6. The zero-order valence-corrected chi connectivity index (χ0v) is 22.5. The molecule has 0 radical (unpaired) electrons. The number of H-pyrrole nitrogens is 1. The third kappa shape index (κ3) is 9.77. The number of hydrogen-bond donors (Lipinski definition) is 10. The molecule has 0 aliphatic rings. The first kappa shape index (κ1) is 31.9. The number of carboxylic acids is 1. The molecule has 2 rings (SSSR count). The fraction of sp³-hybridized carbons (Fsp3) is 0.417. The van der Waals surface area contributed by atoms with Crippen LogP contribution in [0, 0.1) is 0 Å². The number of aromatic nitrogens is 1. The van der Waals surface area contributed by atoms with Crippen LogP contribution in [0.1, 0.15) is 24.8 Å². The maximum atomic E-state index is 13.2. The summed E-state index contributed by atoms with van der Waals surface area (Å²) in [6.45, 7) is 0.123. The number of thiol groups is 1. The molecule has 1 aromatic heterocycles. The van der Waals surface area contributed by atoms with Gasteiger partial charge in [0.15, 0.2) is 5.96 Å². The Balaban J connectivity index is 2.23. The summed E-state index contributed by atoms with van der Waals surface area (Å²) in [5.74, 6) is -4.83. The highest BCUT2D eigenvalue weighted by Gasteiger charge is 2.31. The summed E-state index contributed by atoms with van der Waals surface area (Å²) in [5.41, 5.74) is 23.0. The van der Waals surface area contributed by atoms with E-state index < -0.39 is 60.2 Å². The molecule has 1 heterocycles. The average molecular weight is 578 g/mol. The maximum absolute atomic E-state index is 13.2. The van der Waals surface area contributed by atoms with Gasteiger partial charge in [-0.15, -0.1) is 0 Å². The number of carboxylic acid groups (broad SMARTS) is 1. The first-order chi connectivity index (χ1) is 18.9. The predicted octanol–water partition coefficient (Wildman–Crippen LogP) is -2.56. The van der Waals surface area contributed by atoms with Gasteiger partial charge >= 0.3 is 5.97 Å². The molecule has 1 aromatic carbocycles. The topological polar surface area (TPSA) is 274 Å². The Morgan fingerprint density at radius 1 is 0.950 bits per heavy atom. The predicted molar refractivity (Wildman–Crippen MR) is 151 cm³/mol. The maximum Gasteiger partial charge on any atom is 0.326 e. The van der Waals surface area contributed by atoms with Gasteiger partial charge in [0.05, 0.1) is 12.5 Å². The largest absolute Gasteiger partial charge is 0.480 e. The van der Waals surface area contributed by atoms with Crippen LogP contribution in [-0.4, -0.2) is 82.1 Å². The first-order valence-corrected chi connectivity index (χ1v) is 12.9. The molecular formula is C24H35N9O6S. The molecule has 4 atom stereocenters. The SMILES string of the molecule is NC(=O)CC(NC(=O)C(N)CS)C(=O)NC(CCCN=C(N)N)C(=O)NC(Cc1c[nH]c2ccccc12)C(=O)O. The molecule has 0 aliphatic carbocycles. The molecular weight excluding hydrogens is 542 g/mol. The van der Waals surface area contributed by atoms with Crippen LogP contribution in [-0.2, 0) is 30.4 Å². The Morgan fingerprint density at radius 2 is 1.57 bits per heavy atom. The van der Waals surface area contributed by atoms with E-state index in [9.17, 15) is 29.1 Å². The molecule has 4 amide bonds. The lowest BCUT2D eigenvalue weighted by atomic mass is 10.0. The van der Waals surface area contributed by atoms with Crippen molar-refractivity contribution in [3.63, 3.8) is 0 Å². The highest BCUT2D eigenvalue weighted by Crippen LogP contribution is 2.19. The lowest BCUT2D eigenvalue weighted by molar-refractivity contribution is -0.142. The first-order valence-electron chi connectivity index (χ1n) is 12.3. The Kier molecular flexibility index (Phi) is 12.2. The van der Waals surface area contributed by atoms with E-state index in [1.807, 2.05) is 18.2 Å². The van der Waals surface area contributed by atoms with E-state index in [4.69, 9.17) is 22.9 Å². The number of benzene rings is 1. The Bertz CT molecular complexity index is 1250. The van der Waals surface area contributed by atoms with Gasteiger partial charge in [-0.25, -0.2) is 4.79 Å². The lowest BCUT2D eigenvalue weighted by Gasteiger charge is -2.24. The number of hydrogen-bond acceptors (Lipinski definition) is 8. The van der Waals surface area contributed by atoms with Gasteiger partial charge in [0.1, 0.15) is 18.1 Å². The minimum Gasteiger partial charge on any atom is -0.480 e. The number of rotatable bonds is 16. The monoisotopic (exact) mass is 577 g/mol. The molecule has 13 N–H and O–H groups in total. The third-order valence-electron chi connectivity index (χ3n) is 5.86. The highest BCUT2D eigenvalue weighted by molar-refractivity contribution is 7.80. The highest BCUT2D eigenvalue weighted by atomic mass is 32.1. The summed E-state index contributed by atoms with van der Waals surface area (Å²) >= 11 is 3.93. The summed E-state index contributed by atoms with van der Waals surface area (Å²) in [6, 6.07) is 2.18. The number of carbonyl (C=O) groups is 5. The molecule has 0 bridgehead atoms. The second kappa shape index (κ2) is 15.3. The van der Waals surface area contributed by atoms with Gasteiger partial charge in [0.2, 0.25) is 23.6 Å². The van der Waals surface area contributed by atoms with Crippen molar-refractivity contribution in [2.75, 3.05) is 12.3 Å². The molecule has 16 heteroatoms. The van der Waals surface area contributed by atoms with Crippen LogP contribution in [0.25, 0.3) is 10.9 Å². The van der Waals surface area contributed by atoms with E-state index in [1.165, 1.54) is 0 Å². The van der Waals surface area contributed by atoms with Crippen LogP contribution in [0.4, 0.5) is 0 Å². The van der Waals surface area contributed by atoms with Crippen molar-refractivity contribution < 1.29 is 29.1 Å². The van der Waals surface area contributed by atoms with Gasteiger partial charge in [-0.2, -0.15) is 12.6 Å². The second-order valence-corrected chi connectivity index (χ2v) is 9.36. The molecule has 0 spiro atoms. The quantitative estimate of drug-likeness (QED) is 0.0434. The van der Waals surface area contributed by atoms with Gasteiger partial charge in [0, 0.05) is 35.8 Å².